The number of nitrogens with one attached hydrogen (secondary N) is 1. The summed E-state index contributed by atoms with van der Waals surface area (Å²) in [4.78, 5) is 11.7. The lowest BCUT2D eigenvalue weighted by atomic mass is 10.1. The van der Waals surface area contributed by atoms with E-state index in [1.54, 1.807) is 25.1 Å². The number of anilines is 3. The Kier molecular flexibility index (Phi) is 4.48. The van der Waals surface area contributed by atoms with Crippen molar-refractivity contribution in [3.63, 3.8) is 0 Å². The number of rotatable bonds is 4. The third-order valence-corrected chi connectivity index (χ3v) is 3.30. The van der Waals surface area contributed by atoms with Crippen molar-refractivity contribution >= 4 is 23.0 Å². The van der Waals surface area contributed by atoms with Crippen LogP contribution in [0.25, 0.3) is 0 Å². The van der Waals surface area contributed by atoms with Crippen molar-refractivity contribution in [2.75, 3.05) is 17.7 Å². The number of para-hydroxylation sites is 1. The topological polar surface area (TPSA) is 64.3 Å². The molecule has 3 N–H and O–H groups in total. The minimum atomic E-state index is -0.358. The molecule has 4 nitrogen and oxygen atoms in total. The summed E-state index contributed by atoms with van der Waals surface area (Å²) in [5, 5.41) is 3.33. The minimum Gasteiger partial charge on any atom is -0.462 e. The number of carbonyl (C=O) groups excluding carboxylic acids is 1. The average Bonchev–Trinajstić information content (AvgIpc) is 2.44. The molecule has 0 atom stereocenters. The zero-order valence-electron chi connectivity index (χ0n) is 12.6. The number of ether oxygens (including phenoxy) is 1. The predicted molar refractivity (Wildman–Crippen MR) is 86.0 cm³/mol. The van der Waals surface area contributed by atoms with Crippen LogP contribution < -0.4 is 11.1 Å². The minimum absolute atomic E-state index is 0.348. The van der Waals surface area contributed by atoms with Gasteiger partial charge in [-0.3, -0.25) is 0 Å². The van der Waals surface area contributed by atoms with Crippen LogP contribution in [-0.2, 0) is 4.74 Å². The molecule has 4 heteroatoms. The van der Waals surface area contributed by atoms with Crippen LogP contribution in [0.1, 0.15) is 28.4 Å². The summed E-state index contributed by atoms with van der Waals surface area (Å²) in [6, 6.07) is 11.2. The molecule has 0 saturated carbocycles. The molecule has 0 unspecified atom stereocenters. The standard InChI is InChI=1S/C17H20N2O2/c1-4-21-17(20)13-8-9-15(14(18)10-13)19-16-11(2)6-5-7-12(16)3/h5-10,19H,4,18H2,1-3H3. The van der Waals surface area contributed by atoms with E-state index in [0.717, 1.165) is 22.5 Å². The molecule has 0 aliphatic carbocycles. The van der Waals surface area contributed by atoms with Gasteiger partial charge < -0.3 is 15.8 Å². The van der Waals surface area contributed by atoms with Crippen LogP contribution in [0.5, 0.6) is 0 Å². The zero-order chi connectivity index (χ0) is 15.4. The average molecular weight is 284 g/mol. The van der Waals surface area contributed by atoms with Crippen molar-refractivity contribution in [2.45, 2.75) is 20.8 Å². The van der Waals surface area contributed by atoms with Crippen molar-refractivity contribution in [2.24, 2.45) is 0 Å². The molecule has 2 aromatic carbocycles. The molecule has 0 spiro atoms. The Morgan fingerprint density at radius 1 is 1.19 bits per heavy atom. The van der Waals surface area contributed by atoms with Gasteiger partial charge in [-0.15, -0.1) is 0 Å². The maximum Gasteiger partial charge on any atom is 0.338 e. The Bertz CT molecular complexity index is 646. The number of nitrogens with two attached hydrogens (primary N) is 1. The summed E-state index contributed by atoms with van der Waals surface area (Å²) >= 11 is 0. The van der Waals surface area contributed by atoms with E-state index in [9.17, 15) is 4.79 Å². The molecule has 21 heavy (non-hydrogen) atoms. The second-order valence-corrected chi connectivity index (χ2v) is 4.91. The molecule has 0 aliphatic heterocycles. The first kappa shape index (κ1) is 14.9. The van der Waals surface area contributed by atoms with E-state index in [1.165, 1.54) is 0 Å². The van der Waals surface area contributed by atoms with Gasteiger partial charge in [0.15, 0.2) is 0 Å². The van der Waals surface area contributed by atoms with E-state index in [4.69, 9.17) is 10.5 Å². The summed E-state index contributed by atoms with van der Waals surface area (Å²) in [7, 11) is 0. The smallest absolute Gasteiger partial charge is 0.338 e. The molecule has 0 saturated heterocycles. The summed E-state index contributed by atoms with van der Waals surface area (Å²) < 4.78 is 4.96. The highest BCUT2D eigenvalue weighted by Crippen LogP contribution is 2.28. The fourth-order valence-corrected chi connectivity index (χ4v) is 2.16. The van der Waals surface area contributed by atoms with E-state index < -0.39 is 0 Å². The highest BCUT2D eigenvalue weighted by Gasteiger charge is 2.10. The summed E-state index contributed by atoms with van der Waals surface area (Å²) in [6.07, 6.45) is 0. The number of hydrogen-bond acceptors (Lipinski definition) is 4. The van der Waals surface area contributed by atoms with Gasteiger partial charge in [0.1, 0.15) is 0 Å². The molecule has 110 valence electrons. The van der Waals surface area contributed by atoms with Gasteiger partial charge in [-0.1, -0.05) is 18.2 Å². The van der Waals surface area contributed by atoms with Gasteiger partial charge in [-0.05, 0) is 50.1 Å². The maximum absolute atomic E-state index is 11.7. The first-order valence-electron chi connectivity index (χ1n) is 6.92. The van der Waals surface area contributed by atoms with Crippen molar-refractivity contribution in [1.82, 2.24) is 0 Å². The van der Waals surface area contributed by atoms with Gasteiger partial charge in [0, 0.05) is 5.69 Å². The number of carbonyl (C=O) groups is 1. The summed E-state index contributed by atoms with van der Waals surface area (Å²) in [5.74, 6) is -0.358. The normalized spacial score (nSPS) is 10.2. The van der Waals surface area contributed by atoms with Crippen LogP contribution in [-0.4, -0.2) is 12.6 Å². The van der Waals surface area contributed by atoms with Gasteiger partial charge in [-0.25, -0.2) is 4.79 Å². The van der Waals surface area contributed by atoms with Crippen LogP contribution in [0.2, 0.25) is 0 Å². The summed E-state index contributed by atoms with van der Waals surface area (Å²) in [6.45, 7) is 6.20. The Labute approximate surface area is 124 Å². The third-order valence-electron chi connectivity index (χ3n) is 3.30. The van der Waals surface area contributed by atoms with Crippen molar-refractivity contribution in [1.29, 1.82) is 0 Å². The predicted octanol–water partition coefficient (Wildman–Crippen LogP) is 3.81. The number of nitrogen functional groups attached to an aromatic ring is 1. The Balaban J connectivity index is 2.28. The first-order chi connectivity index (χ1) is 10.0. The van der Waals surface area contributed by atoms with Gasteiger partial charge in [0.05, 0.1) is 23.5 Å². The zero-order valence-corrected chi connectivity index (χ0v) is 12.6. The lowest BCUT2D eigenvalue weighted by Gasteiger charge is -2.15. The van der Waals surface area contributed by atoms with Gasteiger partial charge in [-0.2, -0.15) is 0 Å². The molecule has 0 amide bonds. The molecule has 0 fully saturated rings. The molecule has 2 rings (SSSR count). The number of esters is 1. The molecule has 0 aromatic heterocycles. The number of benzene rings is 2. The number of hydrogen-bond donors (Lipinski definition) is 2. The molecule has 2 aromatic rings. The Morgan fingerprint density at radius 3 is 2.43 bits per heavy atom. The summed E-state index contributed by atoms with van der Waals surface area (Å²) in [5.41, 5.74) is 11.1. The Morgan fingerprint density at radius 2 is 1.86 bits per heavy atom. The van der Waals surface area contributed by atoms with E-state index in [0.29, 0.717) is 17.9 Å². The second kappa shape index (κ2) is 6.31. The van der Waals surface area contributed by atoms with Crippen molar-refractivity contribution in [3.05, 3.63) is 53.1 Å². The molecule has 0 aliphatic rings. The monoisotopic (exact) mass is 284 g/mol. The molecule has 0 bridgehead atoms. The highest BCUT2D eigenvalue weighted by molar-refractivity contribution is 5.92. The quantitative estimate of drug-likeness (QED) is 0.662. The molecule has 0 heterocycles. The lowest BCUT2D eigenvalue weighted by molar-refractivity contribution is 0.0526. The van der Waals surface area contributed by atoms with Gasteiger partial charge >= 0.3 is 5.97 Å². The fraction of sp³-hybridized carbons (Fsp3) is 0.235. The van der Waals surface area contributed by atoms with Crippen molar-refractivity contribution in [3.8, 4) is 0 Å². The Hall–Kier alpha value is -2.49. The van der Waals surface area contributed by atoms with E-state index in [2.05, 4.69) is 5.32 Å². The fourth-order valence-electron chi connectivity index (χ4n) is 2.16. The van der Waals surface area contributed by atoms with Crippen LogP contribution >= 0.6 is 0 Å². The first-order valence-corrected chi connectivity index (χ1v) is 6.92. The van der Waals surface area contributed by atoms with Crippen LogP contribution in [0.4, 0.5) is 17.1 Å². The highest BCUT2D eigenvalue weighted by atomic mass is 16.5. The lowest BCUT2D eigenvalue weighted by Crippen LogP contribution is -2.06. The van der Waals surface area contributed by atoms with E-state index in [-0.39, 0.29) is 5.97 Å². The molecular weight excluding hydrogens is 264 g/mol. The SMILES string of the molecule is CCOC(=O)c1ccc(Nc2c(C)cccc2C)c(N)c1. The van der Waals surface area contributed by atoms with E-state index in [1.807, 2.05) is 32.0 Å². The largest absolute Gasteiger partial charge is 0.462 e. The molecule has 0 radical (unpaired) electrons. The number of aryl methyl sites for hydroxylation is 2. The van der Waals surface area contributed by atoms with Crippen molar-refractivity contribution < 1.29 is 9.53 Å². The second-order valence-electron chi connectivity index (χ2n) is 4.91. The van der Waals surface area contributed by atoms with Gasteiger partial charge in [0.2, 0.25) is 0 Å². The van der Waals surface area contributed by atoms with Crippen LogP contribution in [0, 0.1) is 13.8 Å². The third kappa shape index (κ3) is 3.34. The van der Waals surface area contributed by atoms with Crippen LogP contribution in [0.15, 0.2) is 36.4 Å². The molecular formula is C17H20N2O2. The van der Waals surface area contributed by atoms with Crippen LogP contribution in [0.3, 0.4) is 0 Å². The maximum atomic E-state index is 11.7. The van der Waals surface area contributed by atoms with E-state index >= 15 is 0 Å². The van der Waals surface area contributed by atoms with Gasteiger partial charge in [0.25, 0.3) is 0 Å².